The molecule has 3 rings (SSSR count). The lowest BCUT2D eigenvalue weighted by atomic mass is 9.86. The van der Waals surface area contributed by atoms with Gasteiger partial charge in [0.15, 0.2) is 0 Å². The zero-order valence-electron chi connectivity index (χ0n) is 15.1. The Labute approximate surface area is 143 Å². The number of likely N-dealkylation sites (tertiary alicyclic amines) is 1. The van der Waals surface area contributed by atoms with Crippen molar-refractivity contribution in [1.82, 2.24) is 29.8 Å². The highest BCUT2D eigenvalue weighted by Gasteiger charge is 2.32. The fourth-order valence-electron chi connectivity index (χ4n) is 3.76. The van der Waals surface area contributed by atoms with Gasteiger partial charge in [0.05, 0.1) is 12.7 Å². The quantitative estimate of drug-likeness (QED) is 0.805. The molecule has 7 nitrogen and oxygen atoms in total. The Kier molecular flexibility index (Phi) is 5.30. The van der Waals surface area contributed by atoms with Crippen molar-refractivity contribution in [3.63, 3.8) is 0 Å². The summed E-state index contributed by atoms with van der Waals surface area (Å²) in [6.45, 7) is 4.88. The molecular weight excluding hydrogens is 304 g/mol. The summed E-state index contributed by atoms with van der Waals surface area (Å²) in [5.74, 6) is 1.99. The summed E-state index contributed by atoms with van der Waals surface area (Å²) in [5.41, 5.74) is 1.31. The van der Waals surface area contributed by atoms with E-state index in [-0.39, 0.29) is 0 Å². The van der Waals surface area contributed by atoms with Gasteiger partial charge in [-0.15, -0.1) is 10.2 Å². The van der Waals surface area contributed by atoms with Crippen LogP contribution >= 0.6 is 0 Å². The summed E-state index contributed by atoms with van der Waals surface area (Å²) in [4.78, 5) is 4.75. The Morgan fingerprint density at radius 1 is 1.29 bits per heavy atom. The second-order valence-electron chi connectivity index (χ2n) is 6.91. The van der Waals surface area contributed by atoms with Crippen LogP contribution in [-0.4, -0.2) is 57.0 Å². The number of aryl methyl sites for hydroxylation is 2. The molecule has 1 fully saturated rings. The van der Waals surface area contributed by atoms with Gasteiger partial charge in [-0.3, -0.25) is 14.5 Å². The van der Waals surface area contributed by atoms with Crippen LogP contribution in [0.1, 0.15) is 43.2 Å². The van der Waals surface area contributed by atoms with E-state index in [2.05, 4.69) is 45.4 Å². The van der Waals surface area contributed by atoms with Gasteiger partial charge in [0.1, 0.15) is 0 Å². The molecule has 132 valence electrons. The molecule has 2 atom stereocenters. The maximum atomic E-state index is 5.64. The summed E-state index contributed by atoms with van der Waals surface area (Å²) in [6, 6.07) is 0.420. The van der Waals surface area contributed by atoms with Crippen molar-refractivity contribution in [2.75, 3.05) is 27.2 Å². The molecule has 1 saturated heterocycles. The van der Waals surface area contributed by atoms with Crippen LogP contribution in [0.2, 0.25) is 0 Å². The summed E-state index contributed by atoms with van der Waals surface area (Å²) in [5, 5.41) is 12.5. The first-order valence-electron chi connectivity index (χ1n) is 8.75. The Morgan fingerprint density at radius 2 is 2.08 bits per heavy atom. The van der Waals surface area contributed by atoms with Crippen LogP contribution in [0, 0.1) is 5.92 Å². The van der Waals surface area contributed by atoms with Crippen LogP contribution in [0.3, 0.4) is 0 Å². The van der Waals surface area contributed by atoms with Crippen molar-refractivity contribution < 1.29 is 4.42 Å². The molecular formula is C17H28N6O. The van der Waals surface area contributed by atoms with Gasteiger partial charge < -0.3 is 4.42 Å². The predicted octanol–water partition coefficient (Wildman–Crippen LogP) is 1.88. The molecule has 2 aromatic rings. The SMILES string of the molecule is CCc1nnc(CN(C)C[C@@H]2CCCN(C)[C@H]2c2cnn(C)c2)o1. The minimum atomic E-state index is 0.420. The van der Waals surface area contributed by atoms with Crippen molar-refractivity contribution in [2.45, 2.75) is 38.8 Å². The second kappa shape index (κ2) is 7.44. The zero-order valence-corrected chi connectivity index (χ0v) is 15.1. The third-order valence-corrected chi connectivity index (χ3v) is 4.84. The highest BCUT2D eigenvalue weighted by molar-refractivity contribution is 5.13. The maximum absolute atomic E-state index is 5.64. The summed E-state index contributed by atoms with van der Waals surface area (Å²) >= 11 is 0. The first-order chi connectivity index (χ1) is 11.6. The average Bonchev–Trinajstić information content (AvgIpc) is 3.16. The van der Waals surface area contributed by atoms with Crippen LogP contribution in [0.15, 0.2) is 16.8 Å². The molecule has 0 radical (unpaired) electrons. The third-order valence-electron chi connectivity index (χ3n) is 4.84. The van der Waals surface area contributed by atoms with Crippen LogP contribution in [-0.2, 0) is 20.0 Å². The maximum Gasteiger partial charge on any atom is 0.230 e. The van der Waals surface area contributed by atoms with E-state index < -0.39 is 0 Å². The van der Waals surface area contributed by atoms with E-state index in [1.54, 1.807) is 0 Å². The molecule has 0 saturated carbocycles. The average molecular weight is 332 g/mol. The first kappa shape index (κ1) is 17.1. The summed E-state index contributed by atoms with van der Waals surface area (Å²) < 4.78 is 7.53. The van der Waals surface area contributed by atoms with Crippen molar-refractivity contribution in [1.29, 1.82) is 0 Å². The van der Waals surface area contributed by atoms with Gasteiger partial charge in [-0.1, -0.05) is 6.92 Å². The fraction of sp³-hybridized carbons (Fsp3) is 0.706. The largest absolute Gasteiger partial charge is 0.424 e. The number of hydrogen-bond donors (Lipinski definition) is 0. The number of piperidine rings is 1. The van der Waals surface area contributed by atoms with E-state index in [9.17, 15) is 0 Å². The van der Waals surface area contributed by atoms with Gasteiger partial charge in [-0.2, -0.15) is 5.10 Å². The molecule has 0 amide bonds. The van der Waals surface area contributed by atoms with Gasteiger partial charge in [0, 0.05) is 37.8 Å². The van der Waals surface area contributed by atoms with E-state index in [4.69, 9.17) is 4.42 Å². The van der Waals surface area contributed by atoms with Gasteiger partial charge >= 0.3 is 0 Å². The smallest absolute Gasteiger partial charge is 0.230 e. The van der Waals surface area contributed by atoms with E-state index >= 15 is 0 Å². The van der Waals surface area contributed by atoms with Crippen LogP contribution in [0.25, 0.3) is 0 Å². The number of aromatic nitrogens is 4. The highest BCUT2D eigenvalue weighted by atomic mass is 16.4. The van der Waals surface area contributed by atoms with Gasteiger partial charge in [-0.05, 0) is 39.4 Å². The molecule has 1 aliphatic heterocycles. The minimum Gasteiger partial charge on any atom is -0.424 e. The summed E-state index contributed by atoms with van der Waals surface area (Å²) in [6.07, 6.45) is 7.41. The molecule has 0 N–H and O–H groups in total. The van der Waals surface area contributed by atoms with E-state index in [1.807, 2.05) is 24.9 Å². The Bertz CT molecular complexity index is 651. The Hall–Kier alpha value is -1.73. The van der Waals surface area contributed by atoms with Gasteiger partial charge in [-0.25, -0.2) is 0 Å². The molecule has 3 heterocycles. The van der Waals surface area contributed by atoms with E-state index in [1.165, 1.54) is 18.4 Å². The molecule has 1 aliphatic rings. The molecule has 0 aliphatic carbocycles. The normalized spacial score (nSPS) is 22.4. The third kappa shape index (κ3) is 3.84. The monoisotopic (exact) mass is 332 g/mol. The lowest BCUT2D eigenvalue weighted by molar-refractivity contribution is 0.0901. The first-order valence-corrected chi connectivity index (χ1v) is 8.75. The highest BCUT2D eigenvalue weighted by Crippen LogP contribution is 2.35. The Morgan fingerprint density at radius 3 is 2.75 bits per heavy atom. The molecule has 0 aromatic carbocycles. The molecule has 24 heavy (non-hydrogen) atoms. The van der Waals surface area contributed by atoms with Crippen molar-refractivity contribution >= 4 is 0 Å². The summed E-state index contributed by atoms with van der Waals surface area (Å²) in [7, 11) is 6.33. The standard InChI is InChI=1S/C17H28N6O/c1-5-15-19-20-16(24-15)12-21(2)10-13-7-6-8-22(3)17(13)14-9-18-23(4)11-14/h9,11,13,17H,5-8,10,12H2,1-4H3/t13-,17+/m0/s1. The molecule has 7 heteroatoms. The molecule has 0 spiro atoms. The van der Waals surface area contributed by atoms with Crippen molar-refractivity contribution in [2.24, 2.45) is 13.0 Å². The van der Waals surface area contributed by atoms with Crippen LogP contribution in [0.4, 0.5) is 0 Å². The second-order valence-corrected chi connectivity index (χ2v) is 6.91. The van der Waals surface area contributed by atoms with E-state index in [0.29, 0.717) is 30.3 Å². The van der Waals surface area contributed by atoms with E-state index in [0.717, 1.165) is 19.5 Å². The number of nitrogens with zero attached hydrogens (tertiary/aromatic N) is 6. The van der Waals surface area contributed by atoms with Crippen LogP contribution in [0.5, 0.6) is 0 Å². The molecule has 2 aromatic heterocycles. The lowest BCUT2D eigenvalue weighted by Gasteiger charge is -2.40. The number of rotatable bonds is 6. The molecule has 0 unspecified atom stereocenters. The molecule has 0 bridgehead atoms. The topological polar surface area (TPSA) is 63.2 Å². The minimum absolute atomic E-state index is 0.420. The number of hydrogen-bond acceptors (Lipinski definition) is 6. The zero-order chi connectivity index (χ0) is 17.1. The Balaban J connectivity index is 1.66. The predicted molar refractivity (Wildman–Crippen MR) is 91.3 cm³/mol. The van der Waals surface area contributed by atoms with Crippen molar-refractivity contribution in [3.05, 3.63) is 29.7 Å². The lowest BCUT2D eigenvalue weighted by Crippen LogP contribution is -2.40. The van der Waals surface area contributed by atoms with Gasteiger partial charge in [0.25, 0.3) is 0 Å². The fourth-order valence-corrected chi connectivity index (χ4v) is 3.76. The van der Waals surface area contributed by atoms with Crippen LogP contribution < -0.4 is 0 Å². The van der Waals surface area contributed by atoms with Crippen molar-refractivity contribution in [3.8, 4) is 0 Å². The van der Waals surface area contributed by atoms with Gasteiger partial charge in [0.2, 0.25) is 11.8 Å².